The van der Waals surface area contributed by atoms with Gasteiger partial charge in [-0.3, -0.25) is 4.31 Å². The first-order chi connectivity index (χ1) is 15.1. The van der Waals surface area contributed by atoms with Gasteiger partial charge in [-0.05, 0) is 55.3 Å². The van der Waals surface area contributed by atoms with Gasteiger partial charge in [-0.25, -0.2) is 21.8 Å². The standard InChI is InChI=1S/C23H20N2O4S3/c1-15-3-5-17(6-4-15)18-7-10-23-21(13-18)25(11-12-31(23,26)27)32(28,29)19-8-9-20-22(14-19)30-16(2)24-20/h3-10,13-14H,11-12H2,1-2H3. The molecule has 9 heteroatoms. The second kappa shape index (κ2) is 7.40. The minimum Gasteiger partial charge on any atom is -0.264 e. The molecule has 3 aromatic carbocycles. The fourth-order valence-electron chi connectivity index (χ4n) is 3.89. The molecule has 0 unspecified atom stereocenters. The van der Waals surface area contributed by atoms with Crippen LogP contribution in [0, 0.1) is 13.8 Å². The monoisotopic (exact) mass is 484 g/mol. The van der Waals surface area contributed by atoms with Gasteiger partial charge in [0.25, 0.3) is 10.0 Å². The third kappa shape index (κ3) is 3.50. The highest BCUT2D eigenvalue weighted by molar-refractivity contribution is 7.94. The van der Waals surface area contributed by atoms with E-state index in [1.807, 2.05) is 38.1 Å². The van der Waals surface area contributed by atoms with Crippen LogP contribution in [0.1, 0.15) is 10.6 Å². The predicted molar refractivity (Wildman–Crippen MR) is 128 cm³/mol. The van der Waals surface area contributed by atoms with E-state index in [-0.39, 0.29) is 27.8 Å². The molecule has 0 radical (unpaired) electrons. The van der Waals surface area contributed by atoms with Crippen molar-refractivity contribution < 1.29 is 16.8 Å². The zero-order chi connectivity index (χ0) is 22.7. The molecule has 2 heterocycles. The average molecular weight is 485 g/mol. The normalized spacial score (nSPS) is 15.6. The first-order valence-corrected chi connectivity index (χ1v) is 13.9. The minimum atomic E-state index is -3.97. The third-order valence-corrected chi connectivity index (χ3v) is 10.0. The summed E-state index contributed by atoms with van der Waals surface area (Å²) < 4.78 is 54.7. The maximum atomic E-state index is 13.6. The van der Waals surface area contributed by atoms with E-state index in [4.69, 9.17) is 0 Å². The number of thiazole rings is 1. The topological polar surface area (TPSA) is 84.4 Å². The van der Waals surface area contributed by atoms with E-state index in [9.17, 15) is 16.8 Å². The molecule has 0 fully saturated rings. The second-order valence-electron chi connectivity index (χ2n) is 7.81. The van der Waals surface area contributed by atoms with Crippen LogP contribution < -0.4 is 4.31 Å². The Labute approximate surface area is 191 Å². The second-order valence-corrected chi connectivity index (χ2v) is 13.0. The fourth-order valence-corrected chi connectivity index (χ4v) is 7.92. The molecule has 0 atom stereocenters. The van der Waals surface area contributed by atoms with Crippen LogP contribution in [-0.2, 0) is 19.9 Å². The molecule has 1 aromatic heterocycles. The highest BCUT2D eigenvalue weighted by atomic mass is 32.2. The van der Waals surface area contributed by atoms with E-state index in [1.54, 1.807) is 24.3 Å². The van der Waals surface area contributed by atoms with Crippen molar-refractivity contribution in [3.05, 3.63) is 71.2 Å². The first kappa shape index (κ1) is 21.1. The van der Waals surface area contributed by atoms with Gasteiger partial charge >= 0.3 is 0 Å². The van der Waals surface area contributed by atoms with E-state index in [1.165, 1.54) is 27.8 Å². The van der Waals surface area contributed by atoms with E-state index < -0.39 is 19.9 Å². The molecule has 0 N–H and O–H groups in total. The van der Waals surface area contributed by atoms with Gasteiger partial charge in [0.15, 0.2) is 9.84 Å². The Balaban J connectivity index is 1.66. The van der Waals surface area contributed by atoms with Gasteiger partial charge in [-0.2, -0.15) is 0 Å². The molecule has 4 aromatic rings. The number of rotatable bonds is 3. The molecule has 0 aliphatic carbocycles. The molecule has 0 saturated heterocycles. The summed E-state index contributed by atoms with van der Waals surface area (Å²) in [5.74, 6) is -0.259. The lowest BCUT2D eigenvalue weighted by molar-refractivity contribution is 0.584. The highest BCUT2D eigenvalue weighted by Crippen LogP contribution is 2.38. The van der Waals surface area contributed by atoms with E-state index >= 15 is 0 Å². The SMILES string of the molecule is Cc1ccc(-c2ccc3c(c2)N(S(=O)(=O)c2ccc4nc(C)sc4c2)CCS3(=O)=O)cc1. The van der Waals surface area contributed by atoms with Crippen LogP contribution in [0.5, 0.6) is 0 Å². The molecule has 5 rings (SSSR count). The number of hydrogen-bond acceptors (Lipinski definition) is 6. The molecule has 0 spiro atoms. The van der Waals surface area contributed by atoms with Gasteiger partial charge in [-0.1, -0.05) is 35.9 Å². The number of anilines is 1. The summed E-state index contributed by atoms with van der Waals surface area (Å²) in [6, 6.07) is 17.5. The number of sulfone groups is 1. The van der Waals surface area contributed by atoms with Crippen molar-refractivity contribution in [2.75, 3.05) is 16.6 Å². The van der Waals surface area contributed by atoms with E-state index in [0.29, 0.717) is 0 Å². The summed E-state index contributed by atoms with van der Waals surface area (Å²) in [6.45, 7) is 3.73. The van der Waals surface area contributed by atoms with Crippen LogP contribution >= 0.6 is 11.3 Å². The van der Waals surface area contributed by atoms with Gasteiger partial charge in [0.1, 0.15) is 0 Å². The van der Waals surface area contributed by atoms with Crippen LogP contribution in [-0.4, -0.2) is 34.1 Å². The van der Waals surface area contributed by atoms with E-state index in [2.05, 4.69) is 4.98 Å². The third-order valence-electron chi connectivity index (χ3n) is 5.57. The zero-order valence-electron chi connectivity index (χ0n) is 17.4. The van der Waals surface area contributed by atoms with Crippen molar-refractivity contribution in [3.8, 4) is 11.1 Å². The number of aryl methyl sites for hydroxylation is 2. The Morgan fingerprint density at radius 3 is 2.41 bits per heavy atom. The van der Waals surface area contributed by atoms with E-state index in [0.717, 1.165) is 31.9 Å². The van der Waals surface area contributed by atoms with Gasteiger partial charge in [0.05, 0.1) is 36.5 Å². The Bertz CT molecular complexity index is 1570. The summed E-state index contributed by atoms with van der Waals surface area (Å²) in [5.41, 5.74) is 3.69. The quantitative estimate of drug-likeness (QED) is 0.426. The minimum absolute atomic E-state index is 0.0397. The van der Waals surface area contributed by atoms with Gasteiger partial charge in [0, 0.05) is 6.54 Å². The smallest absolute Gasteiger partial charge is 0.264 e. The van der Waals surface area contributed by atoms with Crippen LogP contribution in [0.15, 0.2) is 70.5 Å². The van der Waals surface area contributed by atoms with Crippen molar-refractivity contribution in [1.82, 2.24) is 4.98 Å². The van der Waals surface area contributed by atoms with Crippen molar-refractivity contribution in [2.24, 2.45) is 0 Å². The lowest BCUT2D eigenvalue weighted by Gasteiger charge is -2.30. The highest BCUT2D eigenvalue weighted by Gasteiger charge is 2.36. The van der Waals surface area contributed by atoms with Crippen LogP contribution in [0.25, 0.3) is 21.3 Å². The molecule has 164 valence electrons. The Kier molecular flexibility index (Phi) is 4.88. The van der Waals surface area contributed by atoms with Crippen molar-refractivity contribution in [2.45, 2.75) is 23.6 Å². The summed E-state index contributed by atoms with van der Waals surface area (Å²) in [5, 5.41) is 0.853. The molecule has 0 bridgehead atoms. The van der Waals surface area contributed by atoms with Gasteiger partial charge < -0.3 is 0 Å². The number of sulfonamides is 1. The molecule has 0 amide bonds. The summed E-state index contributed by atoms with van der Waals surface area (Å²) in [6.07, 6.45) is 0. The first-order valence-electron chi connectivity index (χ1n) is 9.99. The lowest BCUT2D eigenvalue weighted by atomic mass is 10.0. The average Bonchev–Trinajstić information content (AvgIpc) is 3.13. The number of aromatic nitrogens is 1. The zero-order valence-corrected chi connectivity index (χ0v) is 19.9. The van der Waals surface area contributed by atoms with Crippen LogP contribution in [0.2, 0.25) is 0 Å². The Morgan fingerprint density at radius 1 is 0.938 bits per heavy atom. The molecule has 0 saturated carbocycles. The predicted octanol–water partition coefficient (Wildman–Crippen LogP) is 4.56. The summed E-state index contributed by atoms with van der Waals surface area (Å²) in [7, 11) is -7.53. The molecule has 6 nitrogen and oxygen atoms in total. The largest absolute Gasteiger partial charge is 0.264 e. The number of nitrogens with zero attached hydrogens (tertiary/aromatic N) is 2. The molecular weight excluding hydrogens is 464 g/mol. The number of fused-ring (bicyclic) bond motifs is 2. The Morgan fingerprint density at radius 2 is 1.66 bits per heavy atom. The number of hydrogen-bond donors (Lipinski definition) is 0. The van der Waals surface area contributed by atoms with Gasteiger partial charge in [0.2, 0.25) is 0 Å². The lowest BCUT2D eigenvalue weighted by Crippen LogP contribution is -2.39. The maximum Gasteiger partial charge on any atom is 0.264 e. The van der Waals surface area contributed by atoms with Crippen LogP contribution in [0.4, 0.5) is 5.69 Å². The van der Waals surface area contributed by atoms with Crippen molar-refractivity contribution in [1.29, 1.82) is 0 Å². The Hall–Kier alpha value is -2.75. The van der Waals surface area contributed by atoms with Gasteiger partial charge in [-0.15, -0.1) is 11.3 Å². The number of benzene rings is 3. The maximum absolute atomic E-state index is 13.6. The van der Waals surface area contributed by atoms with Crippen LogP contribution in [0.3, 0.4) is 0 Å². The summed E-state index contributed by atoms with van der Waals surface area (Å²) in [4.78, 5) is 4.55. The van der Waals surface area contributed by atoms with Crippen molar-refractivity contribution in [3.63, 3.8) is 0 Å². The van der Waals surface area contributed by atoms with Crippen molar-refractivity contribution >= 4 is 47.1 Å². The molecule has 32 heavy (non-hydrogen) atoms. The fraction of sp³-hybridized carbons (Fsp3) is 0.174. The molecule has 1 aliphatic rings. The molecule has 1 aliphatic heterocycles. The molecular formula is C23H20N2O4S3. The summed E-state index contributed by atoms with van der Waals surface area (Å²) >= 11 is 1.43.